The second-order valence-corrected chi connectivity index (χ2v) is 3.18. The van der Waals surface area contributed by atoms with Gasteiger partial charge in [-0.1, -0.05) is 24.3 Å². The Kier molecular flexibility index (Phi) is 2.65. The van der Waals surface area contributed by atoms with Crippen LogP contribution in [0.2, 0.25) is 0 Å². The molecule has 0 spiro atoms. The summed E-state index contributed by atoms with van der Waals surface area (Å²) in [6.45, 7) is 0. The summed E-state index contributed by atoms with van der Waals surface area (Å²) in [6.07, 6.45) is 5.67. The van der Waals surface area contributed by atoms with Crippen LogP contribution in [0.3, 0.4) is 0 Å². The smallest absolute Gasteiger partial charge is 0.127 e. The second-order valence-electron chi connectivity index (χ2n) is 3.18. The second kappa shape index (κ2) is 4.11. The van der Waals surface area contributed by atoms with Gasteiger partial charge in [0, 0.05) is 0 Å². The van der Waals surface area contributed by atoms with Crippen molar-refractivity contribution >= 4 is 0 Å². The van der Waals surface area contributed by atoms with E-state index in [0.29, 0.717) is 6.42 Å². The van der Waals surface area contributed by atoms with Gasteiger partial charge in [-0.15, -0.1) is 0 Å². The van der Waals surface area contributed by atoms with Crippen LogP contribution in [0.5, 0.6) is 5.75 Å². The predicted octanol–water partition coefficient (Wildman–Crippen LogP) is 2.27. The fraction of sp³-hybridized carbons (Fsp3) is 0.167. The van der Waals surface area contributed by atoms with Crippen molar-refractivity contribution in [2.24, 2.45) is 0 Å². The minimum absolute atomic E-state index is 0.363. The molecular formula is C12H12O2. The minimum atomic E-state index is -0.363. The molecule has 1 N–H and O–H groups in total. The van der Waals surface area contributed by atoms with Gasteiger partial charge in [0.2, 0.25) is 0 Å². The van der Waals surface area contributed by atoms with Crippen LogP contribution < -0.4 is 4.74 Å². The zero-order valence-electron chi connectivity index (χ0n) is 7.76. The number of hydrogen-bond acceptors (Lipinski definition) is 2. The number of para-hydroxylation sites is 1. The van der Waals surface area contributed by atoms with Crippen LogP contribution in [-0.2, 0) is 0 Å². The SMILES string of the molecule is OC1C=CC(Oc2ccccc2)=CC1. The fourth-order valence-electron chi connectivity index (χ4n) is 1.29. The van der Waals surface area contributed by atoms with Gasteiger partial charge in [-0.25, -0.2) is 0 Å². The van der Waals surface area contributed by atoms with Crippen LogP contribution in [0.1, 0.15) is 6.42 Å². The highest BCUT2D eigenvalue weighted by atomic mass is 16.5. The number of aliphatic hydroxyl groups is 1. The summed E-state index contributed by atoms with van der Waals surface area (Å²) in [6, 6.07) is 9.61. The van der Waals surface area contributed by atoms with E-state index in [-0.39, 0.29) is 6.10 Å². The van der Waals surface area contributed by atoms with E-state index < -0.39 is 0 Å². The average molecular weight is 188 g/mol. The zero-order chi connectivity index (χ0) is 9.80. The first kappa shape index (κ1) is 9.03. The van der Waals surface area contributed by atoms with Crippen LogP contribution >= 0.6 is 0 Å². The maximum Gasteiger partial charge on any atom is 0.127 e. The van der Waals surface area contributed by atoms with Crippen molar-refractivity contribution < 1.29 is 9.84 Å². The number of ether oxygens (including phenoxy) is 1. The minimum Gasteiger partial charge on any atom is -0.458 e. The maximum absolute atomic E-state index is 9.21. The predicted molar refractivity (Wildman–Crippen MR) is 54.9 cm³/mol. The van der Waals surface area contributed by atoms with Gasteiger partial charge in [0.25, 0.3) is 0 Å². The average Bonchev–Trinajstić information content (AvgIpc) is 2.23. The summed E-state index contributed by atoms with van der Waals surface area (Å²) in [5.74, 6) is 1.61. The number of hydrogen-bond donors (Lipinski definition) is 1. The standard InChI is InChI=1S/C12H12O2/c13-10-6-8-12(9-7-10)14-11-4-2-1-3-5-11/h1-6,8-10,13H,7H2. The lowest BCUT2D eigenvalue weighted by Crippen LogP contribution is -2.06. The Morgan fingerprint density at radius 2 is 2.00 bits per heavy atom. The van der Waals surface area contributed by atoms with E-state index in [1.807, 2.05) is 36.4 Å². The first-order chi connectivity index (χ1) is 6.84. The molecule has 0 heterocycles. The van der Waals surface area contributed by atoms with Gasteiger partial charge in [0.1, 0.15) is 11.5 Å². The largest absolute Gasteiger partial charge is 0.458 e. The van der Waals surface area contributed by atoms with E-state index in [0.717, 1.165) is 11.5 Å². The van der Waals surface area contributed by atoms with E-state index in [9.17, 15) is 5.11 Å². The van der Waals surface area contributed by atoms with Crippen molar-refractivity contribution in [3.05, 3.63) is 54.3 Å². The van der Waals surface area contributed by atoms with Gasteiger partial charge >= 0.3 is 0 Å². The van der Waals surface area contributed by atoms with Crippen LogP contribution in [-0.4, -0.2) is 11.2 Å². The lowest BCUT2D eigenvalue weighted by Gasteiger charge is -2.12. The summed E-state index contributed by atoms with van der Waals surface area (Å²) in [5, 5.41) is 9.21. The monoisotopic (exact) mass is 188 g/mol. The Morgan fingerprint density at radius 3 is 2.64 bits per heavy atom. The molecule has 0 aliphatic heterocycles. The van der Waals surface area contributed by atoms with Crippen molar-refractivity contribution in [2.45, 2.75) is 12.5 Å². The number of rotatable bonds is 2. The Bertz CT molecular complexity index is 352. The van der Waals surface area contributed by atoms with Gasteiger partial charge < -0.3 is 9.84 Å². The lowest BCUT2D eigenvalue weighted by atomic mass is 10.1. The summed E-state index contributed by atoms with van der Waals surface area (Å²) in [7, 11) is 0. The molecule has 1 aliphatic carbocycles. The van der Waals surface area contributed by atoms with Crippen molar-refractivity contribution in [2.75, 3.05) is 0 Å². The highest BCUT2D eigenvalue weighted by Gasteiger charge is 2.05. The Hall–Kier alpha value is -1.54. The Balaban J connectivity index is 2.03. The first-order valence-electron chi connectivity index (χ1n) is 4.64. The molecule has 0 saturated carbocycles. The number of allylic oxidation sites excluding steroid dienone is 1. The van der Waals surface area contributed by atoms with E-state index in [1.165, 1.54) is 0 Å². The molecule has 2 heteroatoms. The van der Waals surface area contributed by atoms with Gasteiger partial charge in [-0.05, 0) is 30.7 Å². The Labute approximate surface area is 83.1 Å². The highest BCUT2D eigenvalue weighted by Crippen LogP contribution is 2.17. The Morgan fingerprint density at radius 1 is 1.21 bits per heavy atom. The fourth-order valence-corrected chi connectivity index (χ4v) is 1.29. The quantitative estimate of drug-likeness (QED) is 0.771. The van der Waals surface area contributed by atoms with Gasteiger partial charge in [-0.3, -0.25) is 0 Å². The first-order valence-corrected chi connectivity index (χ1v) is 4.64. The topological polar surface area (TPSA) is 29.5 Å². The molecular weight excluding hydrogens is 176 g/mol. The third-order valence-corrected chi connectivity index (χ3v) is 2.02. The van der Waals surface area contributed by atoms with Crippen LogP contribution in [0.25, 0.3) is 0 Å². The van der Waals surface area contributed by atoms with E-state index in [2.05, 4.69) is 0 Å². The molecule has 0 bridgehead atoms. The van der Waals surface area contributed by atoms with Gasteiger partial charge in [-0.2, -0.15) is 0 Å². The zero-order valence-corrected chi connectivity index (χ0v) is 7.76. The van der Waals surface area contributed by atoms with Crippen LogP contribution in [0.15, 0.2) is 54.3 Å². The summed E-state index contributed by atoms with van der Waals surface area (Å²) in [5.41, 5.74) is 0. The van der Waals surface area contributed by atoms with E-state index >= 15 is 0 Å². The van der Waals surface area contributed by atoms with Gasteiger partial charge in [0.05, 0.1) is 6.10 Å². The molecule has 0 saturated heterocycles. The molecule has 0 radical (unpaired) electrons. The maximum atomic E-state index is 9.21. The molecule has 0 aromatic heterocycles. The van der Waals surface area contributed by atoms with Crippen LogP contribution in [0, 0.1) is 0 Å². The molecule has 1 aliphatic rings. The third kappa shape index (κ3) is 2.24. The normalized spacial score (nSPS) is 20.4. The molecule has 1 aromatic rings. The molecule has 0 fully saturated rings. The lowest BCUT2D eigenvalue weighted by molar-refractivity contribution is 0.222. The summed E-state index contributed by atoms with van der Waals surface area (Å²) >= 11 is 0. The molecule has 1 atom stereocenters. The molecule has 72 valence electrons. The van der Waals surface area contributed by atoms with E-state index in [1.54, 1.807) is 12.2 Å². The highest BCUT2D eigenvalue weighted by molar-refractivity contribution is 5.28. The van der Waals surface area contributed by atoms with Crippen molar-refractivity contribution in [1.82, 2.24) is 0 Å². The number of benzene rings is 1. The van der Waals surface area contributed by atoms with Gasteiger partial charge in [0.15, 0.2) is 0 Å². The molecule has 1 unspecified atom stereocenters. The molecule has 2 nitrogen and oxygen atoms in total. The molecule has 0 amide bonds. The molecule has 14 heavy (non-hydrogen) atoms. The van der Waals surface area contributed by atoms with Crippen molar-refractivity contribution in [3.8, 4) is 5.75 Å². The van der Waals surface area contributed by atoms with Crippen LogP contribution in [0.4, 0.5) is 0 Å². The molecule has 2 rings (SSSR count). The third-order valence-electron chi connectivity index (χ3n) is 2.02. The summed E-state index contributed by atoms with van der Waals surface area (Å²) in [4.78, 5) is 0. The number of aliphatic hydroxyl groups excluding tert-OH is 1. The summed E-state index contributed by atoms with van der Waals surface area (Å²) < 4.78 is 5.57. The molecule has 1 aromatic carbocycles. The van der Waals surface area contributed by atoms with Crippen molar-refractivity contribution in [3.63, 3.8) is 0 Å². The van der Waals surface area contributed by atoms with Crippen molar-refractivity contribution in [1.29, 1.82) is 0 Å². The van der Waals surface area contributed by atoms with E-state index in [4.69, 9.17) is 4.74 Å².